The molecule has 2 unspecified atom stereocenters. The molecule has 2 aliphatic rings. The van der Waals surface area contributed by atoms with Crippen LogP contribution in [0.15, 0.2) is 0 Å². The Balaban J connectivity index is 2.08. The quantitative estimate of drug-likeness (QED) is 0.749. The fraction of sp³-hybridized carbons (Fsp3) is 1.00. The van der Waals surface area contributed by atoms with Crippen molar-refractivity contribution in [1.29, 1.82) is 0 Å². The second-order valence-electron chi connectivity index (χ2n) is 5.40. The molecule has 0 aromatic rings. The van der Waals surface area contributed by atoms with Crippen molar-refractivity contribution >= 4 is 0 Å². The molecule has 0 spiro atoms. The molecular formula is C12H25N3. The van der Waals surface area contributed by atoms with Crippen LogP contribution in [0, 0.1) is 0 Å². The molecule has 2 atom stereocenters. The van der Waals surface area contributed by atoms with Crippen LogP contribution >= 0.6 is 0 Å². The molecule has 2 rings (SSSR count). The van der Waals surface area contributed by atoms with Gasteiger partial charge in [0.15, 0.2) is 0 Å². The lowest BCUT2D eigenvalue weighted by atomic mass is 9.94. The zero-order chi connectivity index (χ0) is 11.1. The van der Waals surface area contributed by atoms with E-state index in [4.69, 9.17) is 5.73 Å². The van der Waals surface area contributed by atoms with E-state index in [0.29, 0.717) is 0 Å². The Bertz CT molecular complexity index is 227. The van der Waals surface area contributed by atoms with Crippen LogP contribution in [0.3, 0.4) is 0 Å². The molecule has 0 radical (unpaired) electrons. The molecule has 3 heteroatoms. The van der Waals surface area contributed by atoms with Gasteiger partial charge >= 0.3 is 0 Å². The number of nitrogens with two attached hydrogens (primary N) is 1. The van der Waals surface area contributed by atoms with Crippen molar-refractivity contribution in [2.75, 3.05) is 26.7 Å². The maximum absolute atomic E-state index is 6.02. The van der Waals surface area contributed by atoms with Crippen LogP contribution < -0.4 is 5.73 Å². The van der Waals surface area contributed by atoms with E-state index in [2.05, 4.69) is 30.7 Å². The fourth-order valence-electron chi connectivity index (χ4n) is 3.04. The van der Waals surface area contributed by atoms with Gasteiger partial charge in [0, 0.05) is 30.7 Å². The van der Waals surface area contributed by atoms with Gasteiger partial charge in [-0.3, -0.25) is 9.80 Å². The first kappa shape index (κ1) is 11.4. The third-order valence-electron chi connectivity index (χ3n) is 4.40. The molecule has 1 heterocycles. The molecular weight excluding hydrogens is 186 g/mol. The Morgan fingerprint density at radius 2 is 2.13 bits per heavy atom. The molecule has 15 heavy (non-hydrogen) atoms. The predicted molar refractivity (Wildman–Crippen MR) is 63.9 cm³/mol. The Morgan fingerprint density at radius 3 is 2.60 bits per heavy atom. The van der Waals surface area contributed by atoms with Crippen molar-refractivity contribution < 1.29 is 0 Å². The topological polar surface area (TPSA) is 32.5 Å². The molecule has 0 amide bonds. The minimum atomic E-state index is 0.247. The third kappa shape index (κ3) is 1.93. The molecule has 1 aliphatic heterocycles. The number of likely N-dealkylation sites (N-methyl/N-ethyl adjacent to an activating group) is 1. The van der Waals surface area contributed by atoms with Crippen molar-refractivity contribution in [3.63, 3.8) is 0 Å². The molecule has 1 aliphatic carbocycles. The summed E-state index contributed by atoms with van der Waals surface area (Å²) in [6, 6.07) is 1.59. The first-order valence-electron chi connectivity index (χ1n) is 6.30. The van der Waals surface area contributed by atoms with Crippen LogP contribution in [-0.2, 0) is 0 Å². The highest BCUT2D eigenvalue weighted by Gasteiger charge is 2.47. The van der Waals surface area contributed by atoms with Crippen molar-refractivity contribution in [2.24, 2.45) is 5.73 Å². The molecule has 2 fully saturated rings. The van der Waals surface area contributed by atoms with Gasteiger partial charge in [-0.2, -0.15) is 0 Å². The highest BCUT2D eigenvalue weighted by molar-refractivity contribution is 5.05. The summed E-state index contributed by atoms with van der Waals surface area (Å²) in [5.74, 6) is 0. The van der Waals surface area contributed by atoms with Crippen molar-refractivity contribution in [2.45, 2.75) is 50.7 Å². The second kappa shape index (κ2) is 4.04. The van der Waals surface area contributed by atoms with Crippen LogP contribution in [0.5, 0.6) is 0 Å². The van der Waals surface area contributed by atoms with E-state index in [1.165, 1.54) is 25.8 Å². The van der Waals surface area contributed by atoms with E-state index in [1.807, 2.05) is 0 Å². The average Bonchev–Trinajstić information content (AvgIpc) is 3.02. The smallest absolute Gasteiger partial charge is 0.0470 e. The van der Waals surface area contributed by atoms with Crippen LogP contribution in [0.25, 0.3) is 0 Å². The van der Waals surface area contributed by atoms with Gasteiger partial charge in [-0.1, -0.05) is 6.92 Å². The Labute approximate surface area is 93.6 Å². The van der Waals surface area contributed by atoms with Gasteiger partial charge in [0.2, 0.25) is 0 Å². The van der Waals surface area contributed by atoms with Gasteiger partial charge in [-0.25, -0.2) is 0 Å². The lowest BCUT2D eigenvalue weighted by Gasteiger charge is -2.37. The van der Waals surface area contributed by atoms with E-state index >= 15 is 0 Å². The van der Waals surface area contributed by atoms with Crippen LogP contribution in [0.1, 0.15) is 33.1 Å². The molecule has 1 saturated heterocycles. The lowest BCUT2D eigenvalue weighted by Crippen LogP contribution is -2.54. The maximum atomic E-state index is 6.02. The van der Waals surface area contributed by atoms with E-state index in [9.17, 15) is 0 Å². The largest absolute Gasteiger partial charge is 0.329 e. The Hall–Kier alpha value is -0.120. The highest BCUT2D eigenvalue weighted by Crippen LogP contribution is 2.38. The summed E-state index contributed by atoms with van der Waals surface area (Å²) >= 11 is 0. The van der Waals surface area contributed by atoms with Crippen LogP contribution in [0.4, 0.5) is 0 Å². The Kier molecular flexibility index (Phi) is 3.06. The van der Waals surface area contributed by atoms with Gasteiger partial charge in [0.05, 0.1) is 0 Å². The Morgan fingerprint density at radius 1 is 1.47 bits per heavy atom. The maximum Gasteiger partial charge on any atom is 0.0470 e. The molecule has 88 valence electrons. The fourth-order valence-corrected chi connectivity index (χ4v) is 3.04. The summed E-state index contributed by atoms with van der Waals surface area (Å²) in [4.78, 5) is 5.13. The van der Waals surface area contributed by atoms with Crippen molar-refractivity contribution in [3.8, 4) is 0 Å². The van der Waals surface area contributed by atoms with Gasteiger partial charge in [0.25, 0.3) is 0 Å². The minimum absolute atomic E-state index is 0.247. The van der Waals surface area contributed by atoms with Crippen LogP contribution in [-0.4, -0.2) is 54.1 Å². The molecule has 0 aromatic carbocycles. The van der Waals surface area contributed by atoms with Gasteiger partial charge in [-0.05, 0) is 39.8 Å². The summed E-state index contributed by atoms with van der Waals surface area (Å²) in [6.45, 7) is 7.66. The minimum Gasteiger partial charge on any atom is -0.329 e. The zero-order valence-corrected chi connectivity index (χ0v) is 10.4. The standard InChI is InChI=1S/C12H25N3/c1-4-14(3)12(8-13)7-10(2)15(9-12)11-5-6-11/h10-11H,4-9,13H2,1-3H3. The SMILES string of the molecule is CCN(C)C1(CN)CC(C)N(C2CC2)C1. The lowest BCUT2D eigenvalue weighted by molar-refractivity contribution is 0.134. The number of hydrogen-bond donors (Lipinski definition) is 1. The summed E-state index contributed by atoms with van der Waals surface area (Å²) in [7, 11) is 2.22. The average molecular weight is 211 g/mol. The van der Waals surface area contributed by atoms with E-state index in [0.717, 1.165) is 25.2 Å². The first-order chi connectivity index (χ1) is 7.13. The molecule has 0 aromatic heterocycles. The number of rotatable bonds is 4. The van der Waals surface area contributed by atoms with E-state index < -0.39 is 0 Å². The van der Waals surface area contributed by atoms with E-state index in [-0.39, 0.29) is 5.54 Å². The first-order valence-corrected chi connectivity index (χ1v) is 6.30. The van der Waals surface area contributed by atoms with E-state index in [1.54, 1.807) is 0 Å². The molecule has 3 nitrogen and oxygen atoms in total. The number of likely N-dealkylation sites (tertiary alicyclic amines) is 1. The monoisotopic (exact) mass is 211 g/mol. The van der Waals surface area contributed by atoms with Crippen molar-refractivity contribution in [1.82, 2.24) is 9.80 Å². The molecule has 1 saturated carbocycles. The number of hydrogen-bond acceptors (Lipinski definition) is 3. The highest BCUT2D eigenvalue weighted by atomic mass is 15.3. The summed E-state index contributed by atoms with van der Waals surface area (Å²) < 4.78 is 0. The zero-order valence-electron chi connectivity index (χ0n) is 10.4. The second-order valence-corrected chi connectivity index (χ2v) is 5.40. The number of nitrogens with zero attached hydrogens (tertiary/aromatic N) is 2. The summed E-state index contributed by atoms with van der Waals surface area (Å²) in [5.41, 5.74) is 6.27. The normalized spacial score (nSPS) is 37.8. The summed E-state index contributed by atoms with van der Waals surface area (Å²) in [5, 5.41) is 0. The van der Waals surface area contributed by atoms with Crippen LogP contribution in [0.2, 0.25) is 0 Å². The van der Waals surface area contributed by atoms with Gasteiger partial charge < -0.3 is 5.73 Å². The molecule has 2 N–H and O–H groups in total. The van der Waals surface area contributed by atoms with Gasteiger partial charge in [-0.15, -0.1) is 0 Å². The predicted octanol–water partition coefficient (Wildman–Crippen LogP) is 0.892. The van der Waals surface area contributed by atoms with Gasteiger partial charge in [0.1, 0.15) is 0 Å². The third-order valence-corrected chi connectivity index (χ3v) is 4.40. The summed E-state index contributed by atoms with van der Waals surface area (Å²) in [6.07, 6.45) is 4.05. The van der Waals surface area contributed by atoms with Crippen molar-refractivity contribution in [3.05, 3.63) is 0 Å². The molecule has 0 bridgehead atoms.